The fourth-order valence-electron chi connectivity index (χ4n) is 0.739. The fraction of sp³-hybridized carbons (Fsp3) is 0. The van der Waals surface area contributed by atoms with Crippen molar-refractivity contribution < 1.29 is 0 Å². The van der Waals surface area contributed by atoms with Crippen molar-refractivity contribution >= 4 is 17.6 Å². The number of nitrogens with zero attached hydrogens (tertiary/aromatic N) is 1. The van der Waals surface area contributed by atoms with Gasteiger partial charge in [-0.15, -0.1) is 0 Å². The van der Waals surface area contributed by atoms with Gasteiger partial charge in [-0.2, -0.15) is 0 Å². The second kappa shape index (κ2) is 4.18. The van der Waals surface area contributed by atoms with Gasteiger partial charge in [-0.3, -0.25) is 4.99 Å². The average Bonchev–Trinajstić information content (AvgIpc) is 2.09. The van der Waals surface area contributed by atoms with E-state index in [1.165, 1.54) is 6.20 Å². The number of nitrogens with two attached hydrogens (primary N) is 2. The van der Waals surface area contributed by atoms with E-state index in [1.54, 1.807) is 24.4 Å². The Morgan fingerprint density at radius 1 is 1.17 bits per heavy atom. The highest BCUT2D eigenvalue weighted by atomic mass is 14.7. The Morgan fingerprint density at radius 2 is 1.83 bits per heavy atom. The van der Waals surface area contributed by atoms with E-state index in [4.69, 9.17) is 11.5 Å². The first-order valence-corrected chi connectivity index (χ1v) is 3.59. The predicted octanol–water partition coefficient (Wildman–Crippen LogP) is 1.44. The molecule has 0 saturated carbocycles. The van der Waals surface area contributed by atoms with Crippen LogP contribution < -0.4 is 11.5 Å². The van der Waals surface area contributed by atoms with Crippen molar-refractivity contribution in [1.29, 1.82) is 0 Å². The maximum absolute atomic E-state index is 5.50. The maximum atomic E-state index is 5.50. The molecule has 1 aromatic carbocycles. The quantitative estimate of drug-likeness (QED) is 0.509. The molecule has 1 aromatic rings. The molecule has 1 rings (SSSR count). The van der Waals surface area contributed by atoms with Crippen molar-refractivity contribution in [2.24, 2.45) is 10.7 Å². The van der Waals surface area contributed by atoms with Crippen LogP contribution in [0.15, 0.2) is 41.5 Å². The van der Waals surface area contributed by atoms with Crippen LogP contribution in [0.3, 0.4) is 0 Å². The number of benzene rings is 1. The molecule has 3 nitrogen and oxygen atoms in total. The van der Waals surface area contributed by atoms with E-state index < -0.39 is 0 Å². The summed E-state index contributed by atoms with van der Waals surface area (Å²) in [5.74, 6) is 0. The van der Waals surface area contributed by atoms with Crippen LogP contribution in [0.2, 0.25) is 0 Å². The summed E-state index contributed by atoms with van der Waals surface area (Å²) in [5, 5.41) is 0. The minimum absolute atomic E-state index is 0.739. The zero-order valence-corrected chi connectivity index (χ0v) is 6.64. The first-order valence-electron chi connectivity index (χ1n) is 3.59. The van der Waals surface area contributed by atoms with Gasteiger partial charge in [0.2, 0.25) is 0 Å². The third-order valence-corrected chi connectivity index (χ3v) is 1.31. The monoisotopic (exact) mass is 161 g/mol. The van der Waals surface area contributed by atoms with E-state index in [0.717, 1.165) is 11.4 Å². The molecule has 0 aromatic heterocycles. The molecular formula is C9H11N3. The number of hydrogen-bond acceptors (Lipinski definition) is 3. The lowest BCUT2D eigenvalue weighted by molar-refractivity contribution is 1.53. The van der Waals surface area contributed by atoms with Gasteiger partial charge < -0.3 is 11.5 Å². The van der Waals surface area contributed by atoms with Crippen molar-refractivity contribution in [3.8, 4) is 0 Å². The van der Waals surface area contributed by atoms with E-state index in [9.17, 15) is 0 Å². The minimum atomic E-state index is 0.739. The molecule has 0 radical (unpaired) electrons. The topological polar surface area (TPSA) is 64.4 Å². The summed E-state index contributed by atoms with van der Waals surface area (Å²) in [6.07, 6.45) is 4.72. The summed E-state index contributed by atoms with van der Waals surface area (Å²) < 4.78 is 0. The number of aliphatic imine (C=N–C) groups is 1. The van der Waals surface area contributed by atoms with Crippen LogP contribution in [0.4, 0.5) is 11.4 Å². The Balaban J connectivity index is 2.70. The number of hydrogen-bond donors (Lipinski definition) is 2. The Morgan fingerprint density at radius 3 is 2.42 bits per heavy atom. The summed E-state index contributed by atoms with van der Waals surface area (Å²) in [6.45, 7) is 0. The van der Waals surface area contributed by atoms with Gasteiger partial charge in [0.25, 0.3) is 0 Å². The van der Waals surface area contributed by atoms with E-state index in [-0.39, 0.29) is 0 Å². The van der Waals surface area contributed by atoms with Crippen LogP contribution in [0, 0.1) is 0 Å². The Labute approximate surface area is 71.4 Å². The van der Waals surface area contributed by atoms with Crippen LogP contribution in [0.25, 0.3) is 0 Å². The van der Waals surface area contributed by atoms with Crippen molar-refractivity contribution in [3.63, 3.8) is 0 Å². The number of allylic oxidation sites excluding steroid dienone is 1. The van der Waals surface area contributed by atoms with Crippen LogP contribution in [-0.4, -0.2) is 6.21 Å². The summed E-state index contributed by atoms with van der Waals surface area (Å²) >= 11 is 0. The predicted molar refractivity (Wildman–Crippen MR) is 52.3 cm³/mol. The molecule has 0 heterocycles. The van der Waals surface area contributed by atoms with Crippen LogP contribution in [0.5, 0.6) is 0 Å². The lowest BCUT2D eigenvalue weighted by Crippen LogP contribution is -1.81. The molecule has 0 aliphatic heterocycles. The van der Waals surface area contributed by atoms with E-state index in [1.807, 2.05) is 12.1 Å². The van der Waals surface area contributed by atoms with Gasteiger partial charge in [0.05, 0.1) is 5.69 Å². The Bertz CT molecular complexity index is 285. The van der Waals surface area contributed by atoms with E-state index in [2.05, 4.69) is 4.99 Å². The first kappa shape index (κ1) is 8.33. The van der Waals surface area contributed by atoms with E-state index in [0.29, 0.717) is 0 Å². The third-order valence-electron chi connectivity index (χ3n) is 1.31. The molecule has 4 N–H and O–H groups in total. The zero-order chi connectivity index (χ0) is 8.81. The lowest BCUT2D eigenvalue weighted by atomic mass is 10.3. The van der Waals surface area contributed by atoms with Gasteiger partial charge >= 0.3 is 0 Å². The SMILES string of the molecule is NC=CC=Nc1ccc(N)cc1. The standard InChI is InChI=1S/C9H11N3/c10-6-1-7-12-9-4-2-8(11)3-5-9/h1-7H,10-11H2. The highest BCUT2D eigenvalue weighted by Gasteiger charge is 1.85. The van der Waals surface area contributed by atoms with Crippen molar-refractivity contribution in [3.05, 3.63) is 36.5 Å². The van der Waals surface area contributed by atoms with Crippen LogP contribution in [-0.2, 0) is 0 Å². The van der Waals surface area contributed by atoms with Crippen LogP contribution in [0.1, 0.15) is 0 Å². The minimum Gasteiger partial charge on any atom is -0.405 e. The van der Waals surface area contributed by atoms with Gasteiger partial charge in [-0.1, -0.05) is 0 Å². The molecule has 0 fully saturated rings. The lowest BCUT2D eigenvalue weighted by Gasteiger charge is -1.92. The summed E-state index contributed by atoms with van der Waals surface area (Å²) in [5.41, 5.74) is 12.2. The third kappa shape index (κ3) is 2.46. The van der Waals surface area contributed by atoms with Gasteiger partial charge in [0, 0.05) is 11.9 Å². The summed E-state index contributed by atoms with van der Waals surface area (Å²) in [7, 11) is 0. The molecule has 12 heavy (non-hydrogen) atoms. The van der Waals surface area contributed by atoms with Gasteiger partial charge in [0.1, 0.15) is 0 Å². The molecule has 0 bridgehead atoms. The largest absolute Gasteiger partial charge is 0.405 e. The molecule has 0 aliphatic rings. The second-order valence-electron chi connectivity index (χ2n) is 2.25. The van der Waals surface area contributed by atoms with Crippen LogP contribution >= 0.6 is 0 Å². The zero-order valence-electron chi connectivity index (χ0n) is 6.64. The summed E-state index contributed by atoms with van der Waals surface area (Å²) in [6, 6.07) is 7.30. The molecule has 3 heteroatoms. The number of anilines is 1. The fourth-order valence-corrected chi connectivity index (χ4v) is 0.739. The van der Waals surface area contributed by atoms with Crippen molar-refractivity contribution in [1.82, 2.24) is 0 Å². The number of rotatable bonds is 2. The van der Waals surface area contributed by atoms with Gasteiger partial charge in [-0.05, 0) is 36.5 Å². The smallest absolute Gasteiger partial charge is 0.0631 e. The first-order chi connectivity index (χ1) is 5.83. The normalized spacial score (nSPS) is 11.3. The van der Waals surface area contributed by atoms with Crippen molar-refractivity contribution in [2.45, 2.75) is 0 Å². The molecule has 62 valence electrons. The van der Waals surface area contributed by atoms with Crippen molar-refractivity contribution in [2.75, 3.05) is 5.73 Å². The Hall–Kier alpha value is -1.77. The Kier molecular flexibility index (Phi) is 2.90. The summed E-state index contributed by atoms with van der Waals surface area (Å²) in [4.78, 5) is 4.09. The second-order valence-corrected chi connectivity index (χ2v) is 2.25. The van der Waals surface area contributed by atoms with Gasteiger partial charge in [-0.25, -0.2) is 0 Å². The highest BCUT2D eigenvalue weighted by molar-refractivity contribution is 5.74. The van der Waals surface area contributed by atoms with E-state index >= 15 is 0 Å². The molecule has 0 unspecified atom stereocenters. The molecule has 0 spiro atoms. The molecule has 0 atom stereocenters. The molecule has 0 aliphatic carbocycles. The molecule has 0 saturated heterocycles. The average molecular weight is 161 g/mol. The maximum Gasteiger partial charge on any atom is 0.0631 e. The van der Waals surface area contributed by atoms with Gasteiger partial charge in [0.15, 0.2) is 0 Å². The highest BCUT2D eigenvalue weighted by Crippen LogP contribution is 2.12. The molecular weight excluding hydrogens is 150 g/mol. The molecule has 0 amide bonds. The number of nitrogen functional groups attached to an aromatic ring is 1.